The van der Waals surface area contributed by atoms with E-state index in [4.69, 9.17) is 33.2 Å². The lowest BCUT2D eigenvalue weighted by molar-refractivity contribution is -0.175. The highest BCUT2D eigenvalue weighted by Gasteiger charge is 2.67. The molecule has 5 heterocycles. The van der Waals surface area contributed by atoms with Crippen molar-refractivity contribution in [3.05, 3.63) is 0 Å². The Kier molecular flexibility index (Phi) is 22.6. The predicted molar refractivity (Wildman–Crippen MR) is 383 cm³/mol. The number of rotatable bonds is 13. The number of hydrogen-bond donors (Lipinski definition) is 0. The van der Waals surface area contributed by atoms with Crippen LogP contribution in [0.4, 0.5) is 0 Å². The first-order valence-corrected chi connectivity index (χ1v) is 42.3. The maximum absolute atomic E-state index is 13.0. The van der Waals surface area contributed by atoms with Crippen LogP contribution in [-0.2, 0) is 76.3 Å². The van der Waals surface area contributed by atoms with Crippen LogP contribution in [0.3, 0.4) is 0 Å². The maximum Gasteiger partial charge on any atom is 0.320 e. The molecular weight excluding hydrogens is 1290 g/mol. The Morgan fingerprint density at radius 2 is 1.03 bits per heavy atom. The van der Waals surface area contributed by atoms with Gasteiger partial charge in [-0.3, -0.25) is 38.4 Å². The van der Waals surface area contributed by atoms with Gasteiger partial charge in [0.1, 0.15) is 16.8 Å². The molecule has 12 bridgehead atoms. The second kappa shape index (κ2) is 30.3. The van der Waals surface area contributed by atoms with E-state index in [1.807, 2.05) is 6.92 Å². The molecule has 33 atom stereocenters. The first kappa shape index (κ1) is 76.3. The minimum absolute atomic E-state index is 0.0107. The van der Waals surface area contributed by atoms with Gasteiger partial charge in [-0.2, -0.15) is 0 Å². The molecule has 1 spiro atoms. The molecule has 33 unspecified atom stereocenters. The quantitative estimate of drug-likeness (QED) is 0.0953. The SMILES string of the molecule is CC1C(=O)OC(=O)C1C.CC1C2CC(C1C)C1(CC(=O)OC1=O)C2.CCC1(OC(=O)C2CC3CC2C(C)C3C)CC2CCC1C2.CCC1(OC(=O)C2CC3CC2CC3C)CC2CCC1C2.CCCC1OC(C)C2C(=O)OCC12.CCCC1OC(C)C2C3CC(C(=O)OC4(CC)CCCC4)C(C3)C12. The minimum atomic E-state index is -0.423. The van der Waals surface area contributed by atoms with Crippen LogP contribution in [0.1, 0.15) is 283 Å². The smallest absolute Gasteiger partial charge is 0.320 e. The zero-order valence-electron chi connectivity index (χ0n) is 65.1. The fourth-order valence-corrected chi connectivity index (χ4v) is 26.8. The summed E-state index contributed by atoms with van der Waals surface area (Å²) in [6.45, 7) is 30.7. The van der Waals surface area contributed by atoms with Crippen molar-refractivity contribution in [2.75, 3.05) is 6.61 Å². The summed E-state index contributed by atoms with van der Waals surface area (Å²) in [6, 6.07) is 0. The summed E-state index contributed by atoms with van der Waals surface area (Å²) in [5.74, 6) is 12.4. The van der Waals surface area contributed by atoms with Crippen LogP contribution in [-0.4, -0.2) is 95.6 Å². The highest BCUT2D eigenvalue weighted by molar-refractivity contribution is 5.98. The molecule has 13 saturated carbocycles. The maximum atomic E-state index is 13.0. The summed E-state index contributed by atoms with van der Waals surface area (Å²) in [7, 11) is 0. The van der Waals surface area contributed by atoms with Gasteiger partial charge in [0, 0.05) is 5.92 Å². The third-order valence-electron chi connectivity index (χ3n) is 33.2. The summed E-state index contributed by atoms with van der Waals surface area (Å²) >= 11 is 0. The summed E-state index contributed by atoms with van der Waals surface area (Å²) in [4.78, 5) is 94.1. The Morgan fingerprint density at radius 1 is 0.471 bits per heavy atom. The van der Waals surface area contributed by atoms with Gasteiger partial charge in [-0.1, -0.05) is 95.9 Å². The number of esters is 8. The first-order valence-electron chi connectivity index (χ1n) is 42.3. The molecule has 5 aliphatic heterocycles. The normalized spacial score (nSPS) is 48.6. The van der Waals surface area contributed by atoms with Crippen LogP contribution in [0.5, 0.6) is 0 Å². The second-order valence-electron chi connectivity index (χ2n) is 37.8. The molecule has 0 radical (unpaired) electrons. The lowest BCUT2D eigenvalue weighted by Gasteiger charge is -2.39. The van der Waals surface area contributed by atoms with E-state index in [2.05, 4.69) is 80.9 Å². The summed E-state index contributed by atoms with van der Waals surface area (Å²) in [5, 5.41) is 0. The highest BCUT2D eigenvalue weighted by Crippen LogP contribution is 2.66. The van der Waals surface area contributed by atoms with Crippen molar-refractivity contribution in [3.63, 3.8) is 0 Å². The molecule has 16 heteroatoms. The lowest BCUT2D eigenvalue weighted by Crippen LogP contribution is -2.43. The minimum Gasteiger partial charge on any atom is -0.465 e. The number of hydrogen-bond acceptors (Lipinski definition) is 16. The van der Waals surface area contributed by atoms with Crippen molar-refractivity contribution in [3.8, 4) is 0 Å². The van der Waals surface area contributed by atoms with Gasteiger partial charge in [0.25, 0.3) is 0 Å². The van der Waals surface area contributed by atoms with Crippen molar-refractivity contribution in [2.24, 2.45) is 159 Å². The number of carbonyl (C=O) groups is 8. The molecule has 18 fully saturated rings. The van der Waals surface area contributed by atoms with Crippen molar-refractivity contribution < 1.29 is 76.3 Å². The molecule has 572 valence electrons. The van der Waals surface area contributed by atoms with Crippen LogP contribution < -0.4 is 0 Å². The van der Waals surface area contributed by atoms with Gasteiger partial charge in [0.2, 0.25) is 0 Å². The van der Waals surface area contributed by atoms with Crippen LogP contribution in [0.2, 0.25) is 0 Å². The number of ether oxygens (including phenoxy) is 8. The van der Waals surface area contributed by atoms with E-state index in [1.165, 1.54) is 83.5 Å². The number of fused-ring (bicyclic) bond motifs is 17. The molecule has 0 amide bonds. The second-order valence-corrected chi connectivity index (χ2v) is 37.8. The number of cyclic esters (lactones) is 5. The number of carbonyl (C=O) groups excluding carboxylic acids is 8. The van der Waals surface area contributed by atoms with E-state index in [0.29, 0.717) is 108 Å². The van der Waals surface area contributed by atoms with Gasteiger partial charge in [-0.25, -0.2) is 0 Å². The van der Waals surface area contributed by atoms with Gasteiger partial charge >= 0.3 is 47.8 Å². The van der Waals surface area contributed by atoms with Gasteiger partial charge in [0.15, 0.2) is 0 Å². The van der Waals surface area contributed by atoms with E-state index >= 15 is 0 Å². The summed E-state index contributed by atoms with van der Waals surface area (Å²) in [6.07, 6.45) is 34.0. The molecular formula is C86H132O16. The van der Waals surface area contributed by atoms with Gasteiger partial charge in [0.05, 0.1) is 78.4 Å². The Labute approximate surface area is 611 Å². The molecule has 18 rings (SSSR count). The summed E-state index contributed by atoms with van der Waals surface area (Å²) < 4.78 is 44.8. The monoisotopic (exact) mass is 1420 g/mol. The van der Waals surface area contributed by atoms with Gasteiger partial charge < -0.3 is 37.9 Å². The molecule has 0 aromatic rings. The molecule has 0 N–H and O–H groups in total. The average Bonchev–Trinajstić information content (AvgIpc) is 1.56. The fourth-order valence-electron chi connectivity index (χ4n) is 26.8. The van der Waals surface area contributed by atoms with Crippen molar-refractivity contribution in [1.29, 1.82) is 0 Å². The average molecular weight is 1420 g/mol. The van der Waals surface area contributed by atoms with Crippen molar-refractivity contribution >= 4 is 47.8 Å². The molecule has 13 aliphatic carbocycles. The Balaban J connectivity index is 0.000000112. The molecule has 0 aromatic heterocycles. The largest absolute Gasteiger partial charge is 0.465 e. The molecule has 0 aromatic carbocycles. The lowest BCUT2D eigenvalue weighted by atomic mass is 9.65. The van der Waals surface area contributed by atoms with Crippen molar-refractivity contribution in [2.45, 2.75) is 324 Å². The van der Waals surface area contributed by atoms with E-state index in [0.717, 1.165) is 132 Å². The van der Waals surface area contributed by atoms with E-state index < -0.39 is 17.4 Å². The predicted octanol–water partition coefficient (Wildman–Crippen LogP) is 16.8. The fraction of sp³-hybridized carbons (Fsp3) is 0.907. The van der Waals surface area contributed by atoms with Gasteiger partial charge in [-0.05, 0) is 293 Å². The highest BCUT2D eigenvalue weighted by atomic mass is 16.6. The Bertz CT molecular complexity index is 3060. The third-order valence-corrected chi connectivity index (χ3v) is 33.2. The molecule has 18 aliphatic rings. The summed E-state index contributed by atoms with van der Waals surface area (Å²) in [5.41, 5.74) is -0.724. The first-order chi connectivity index (χ1) is 48.6. The Hall–Kier alpha value is -3.92. The molecule has 5 saturated heterocycles. The zero-order valence-corrected chi connectivity index (χ0v) is 65.1. The topological polar surface area (TPSA) is 210 Å². The van der Waals surface area contributed by atoms with Crippen LogP contribution in [0, 0.1) is 159 Å². The third kappa shape index (κ3) is 13.9. The Morgan fingerprint density at radius 3 is 1.51 bits per heavy atom. The van der Waals surface area contributed by atoms with Crippen LogP contribution >= 0.6 is 0 Å². The molecule has 102 heavy (non-hydrogen) atoms. The van der Waals surface area contributed by atoms with E-state index in [1.54, 1.807) is 13.8 Å². The van der Waals surface area contributed by atoms with Crippen molar-refractivity contribution in [1.82, 2.24) is 0 Å². The standard InChI is InChI=1S/C21H34O3.C19H30O2.C18H28O2.C12H16O3.C10H16O3.C6H8O3/c1-4-8-17-19-15-11-14(18(19)13(3)23-17)12-16(15)20(22)24-21(5-2)9-6-7-10-21;1-4-19(10-13-5-6-15(19)7-13)21-18(20)17-9-14-8-16(17)12(3)11(14)2;1-3-18(10-12-4-5-15(18)7-12)20-17(19)16-9-13-8-14(16)6-11(13)2;1-6-7(2)9-3-8(6)4-12(9)5-10(13)15-11(12)14;1-3-4-8-7-5-12-10(11)9(7)6(2)13-8;1-3-4(2)6(8)9-5(3)7/h13-19H,4-12H2,1-3H3;11-17H,4-10H2,1-3H3;11-16H,3-10H2,1-2H3;6-9H,3-5H2,1-2H3;6-9H,3-5H2,1-2H3;3-4H,1-2H3. The van der Waals surface area contributed by atoms with E-state index in [9.17, 15) is 38.4 Å². The van der Waals surface area contributed by atoms with Gasteiger partial charge in [-0.15, -0.1) is 0 Å². The zero-order chi connectivity index (χ0) is 72.8. The van der Waals surface area contributed by atoms with Crippen LogP contribution in [0.25, 0.3) is 0 Å². The molecule has 16 nitrogen and oxygen atoms in total. The van der Waals surface area contributed by atoms with E-state index in [-0.39, 0.29) is 100 Å². The van der Waals surface area contributed by atoms with Crippen LogP contribution in [0.15, 0.2) is 0 Å².